The van der Waals surface area contributed by atoms with Crippen LogP contribution in [0.15, 0.2) is 42.5 Å². The van der Waals surface area contributed by atoms with E-state index in [1.165, 1.54) is 12.1 Å². The highest BCUT2D eigenvalue weighted by Crippen LogP contribution is 2.35. The van der Waals surface area contributed by atoms with Crippen molar-refractivity contribution in [1.82, 2.24) is 4.90 Å². The molecule has 1 heterocycles. The number of hydrogen-bond acceptors (Lipinski definition) is 4. The van der Waals surface area contributed by atoms with E-state index in [-0.39, 0.29) is 24.4 Å². The van der Waals surface area contributed by atoms with E-state index >= 15 is 0 Å². The Hall–Kier alpha value is -2.89. The lowest BCUT2D eigenvalue weighted by Crippen LogP contribution is -2.34. The third kappa shape index (κ3) is 4.89. The van der Waals surface area contributed by atoms with Gasteiger partial charge in [0.25, 0.3) is 5.91 Å². The molecule has 2 aromatic carbocycles. The average molecular weight is 426 g/mol. The van der Waals surface area contributed by atoms with Crippen LogP contribution in [-0.2, 0) is 22.5 Å². The van der Waals surface area contributed by atoms with Gasteiger partial charge in [0.05, 0.1) is 6.42 Å². The standard InChI is InChI=1S/C25H28FNO4/c1-16(31-24(29)11-17-5-3-2-4-6-17)19-9-7-18(8-10-19)14-27-15-20-12-22(26)23(28)13-21(20)25(27)30/h2-6,12-13,16,18-19,28H,7-11,14-15H2,1H3/t16?,18-,19-. The molecular formula is C25H28FNO4. The molecule has 164 valence electrons. The number of hydrogen-bond donors (Lipinski definition) is 1. The Morgan fingerprint density at radius 1 is 1.19 bits per heavy atom. The van der Waals surface area contributed by atoms with Crippen molar-refractivity contribution in [3.05, 3.63) is 65.0 Å². The molecule has 1 saturated carbocycles. The lowest BCUT2D eigenvalue weighted by atomic mass is 9.79. The Morgan fingerprint density at radius 2 is 1.90 bits per heavy atom. The number of esters is 1. The zero-order valence-corrected chi connectivity index (χ0v) is 17.7. The van der Waals surface area contributed by atoms with E-state index in [1.807, 2.05) is 37.3 Å². The van der Waals surface area contributed by atoms with E-state index in [0.717, 1.165) is 31.2 Å². The predicted molar refractivity (Wildman–Crippen MR) is 114 cm³/mol. The zero-order valence-electron chi connectivity index (χ0n) is 17.7. The maximum atomic E-state index is 13.6. The second-order valence-electron chi connectivity index (χ2n) is 8.78. The largest absolute Gasteiger partial charge is 0.505 e. The van der Waals surface area contributed by atoms with E-state index in [2.05, 4.69) is 0 Å². The number of benzene rings is 2. The summed E-state index contributed by atoms with van der Waals surface area (Å²) in [6.07, 6.45) is 3.99. The van der Waals surface area contributed by atoms with Crippen LogP contribution in [-0.4, -0.2) is 34.5 Å². The van der Waals surface area contributed by atoms with Crippen LogP contribution in [0.4, 0.5) is 4.39 Å². The maximum absolute atomic E-state index is 13.6. The Labute approximate surface area is 181 Å². The number of fused-ring (bicyclic) bond motifs is 1. The molecule has 0 spiro atoms. The first-order valence-corrected chi connectivity index (χ1v) is 10.9. The van der Waals surface area contributed by atoms with E-state index in [1.54, 1.807) is 4.90 Å². The van der Waals surface area contributed by atoms with E-state index in [9.17, 15) is 19.1 Å². The molecule has 1 amide bonds. The molecule has 1 atom stereocenters. The minimum atomic E-state index is -0.690. The van der Waals surface area contributed by atoms with Crippen LogP contribution in [0.3, 0.4) is 0 Å². The van der Waals surface area contributed by atoms with Gasteiger partial charge in [0, 0.05) is 18.7 Å². The summed E-state index contributed by atoms with van der Waals surface area (Å²) < 4.78 is 19.3. The maximum Gasteiger partial charge on any atom is 0.310 e. The van der Waals surface area contributed by atoms with Gasteiger partial charge < -0.3 is 14.7 Å². The number of halogens is 1. The molecule has 1 fully saturated rings. The summed E-state index contributed by atoms with van der Waals surface area (Å²) in [4.78, 5) is 26.6. The van der Waals surface area contributed by atoms with Crippen LogP contribution in [0.2, 0.25) is 0 Å². The SMILES string of the molecule is CC(OC(=O)Cc1ccccc1)[C@H]1CC[C@H](CN2Cc3cc(F)c(O)cc3C2=O)CC1. The van der Waals surface area contributed by atoms with Crippen molar-refractivity contribution in [3.8, 4) is 5.75 Å². The fourth-order valence-electron chi connectivity index (χ4n) is 4.79. The molecule has 2 aromatic rings. The Balaban J connectivity index is 1.24. The summed E-state index contributed by atoms with van der Waals surface area (Å²) in [6, 6.07) is 12.1. The van der Waals surface area contributed by atoms with Crippen molar-refractivity contribution in [1.29, 1.82) is 0 Å². The quantitative estimate of drug-likeness (QED) is 0.694. The number of aromatic hydroxyl groups is 1. The van der Waals surface area contributed by atoms with Gasteiger partial charge in [-0.25, -0.2) is 4.39 Å². The highest BCUT2D eigenvalue weighted by molar-refractivity contribution is 5.98. The molecule has 4 rings (SSSR count). The highest BCUT2D eigenvalue weighted by Gasteiger charge is 2.33. The van der Waals surface area contributed by atoms with Gasteiger partial charge in [0.2, 0.25) is 0 Å². The van der Waals surface area contributed by atoms with Gasteiger partial charge in [-0.2, -0.15) is 0 Å². The molecule has 6 heteroatoms. The zero-order chi connectivity index (χ0) is 22.0. The fraction of sp³-hybridized carbons (Fsp3) is 0.440. The summed E-state index contributed by atoms with van der Waals surface area (Å²) in [6.45, 7) is 2.99. The van der Waals surface area contributed by atoms with Crippen molar-refractivity contribution in [2.45, 2.75) is 51.7 Å². The summed E-state index contributed by atoms with van der Waals surface area (Å²) in [5.41, 5.74) is 1.98. The fourth-order valence-corrected chi connectivity index (χ4v) is 4.79. The van der Waals surface area contributed by atoms with Crippen molar-refractivity contribution in [2.24, 2.45) is 11.8 Å². The summed E-state index contributed by atoms with van der Waals surface area (Å²) in [5.74, 6) is -0.809. The molecule has 1 unspecified atom stereocenters. The summed E-state index contributed by atoms with van der Waals surface area (Å²) >= 11 is 0. The first-order valence-electron chi connectivity index (χ1n) is 10.9. The van der Waals surface area contributed by atoms with Crippen molar-refractivity contribution in [3.63, 3.8) is 0 Å². The molecule has 1 N–H and O–H groups in total. The van der Waals surface area contributed by atoms with Crippen LogP contribution < -0.4 is 0 Å². The molecule has 0 radical (unpaired) electrons. The Bertz CT molecular complexity index is 953. The monoisotopic (exact) mass is 425 g/mol. The molecule has 0 saturated heterocycles. The van der Waals surface area contributed by atoms with Gasteiger partial charge in [-0.1, -0.05) is 30.3 Å². The number of phenols is 1. The van der Waals surface area contributed by atoms with Gasteiger partial charge in [0.15, 0.2) is 11.6 Å². The minimum Gasteiger partial charge on any atom is -0.505 e. The Kier molecular flexibility index (Phi) is 6.25. The number of carbonyl (C=O) groups excluding carboxylic acids is 2. The number of phenolic OH excluding ortho intramolecular Hbond substituents is 1. The van der Waals surface area contributed by atoms with Crippen LogP contribution in [0.5, 0.6) is 5.75 Å². The van der Waals surface area contributed by atoms with Gasteiger partial charge >= 0.3 is 5.97 Å². The van der Waals surface area contributed by atoms with Gasteiger partial charge in [-0.05, 0) is 67.7 Å². The van der Waals surface area contributed by atoms with Gasteiger partial charge in [-0.3, -0.25) is 9.59 Å². The van der Waals surface area contributed by atoms with Gasteiger partial charge in [0.1, 0.15) is 6.10 Å². The third-order valence-electron chi connectivity index (χ3n) is 6.59. The highest BCUT2D eigenvalue weighted by atomic mass is 19.1. The average Bonchev–Trinajstić information content (AvgIpc) is 3.04. The molecule has 0 aromatic heterocycles. The second kappa shape index (κ2) is 9.08. The lowest BCUT2D eigenvalue weighted by Gasteiger charge is -2.33. The number of amides is 1. The predicted octanol–water partition coefficient (Wildman–Crippen LogP) is 4.47. The molecule has 1 aliphatic heterocycles. The topological polar surface area (TPSA) is 66.8 Å². The van der Waals surface area contributed by atoms with Crippen molar-refractivity contribution < 1.29 is 23.8 Å². The van der Waals surface area contributed by atoms with E-state index < -0.39 is 11.6 Å². The van der Waals surface area contributed by atoms with E-state index in [0.29, 0.717) is 36.1 Å². The number of rotatable bonds is 6. The molecule has 31 heavy (non-hydrogen) atoms. The second-order valence-corrected chi connectivity index (χ2v) is 8.78. The molecule has 0 bridgehead atoms. The number of nitrogens with zero attached hydrogens (tertiary/aromatic N) is 1. The summed E-state index contributed by atoms with van der Waals surface area (Å²) in [7, 11) is 0. The molecular weight excluding hydrogens is 397 g/mol. The number of ether oxygens (including phenoxy) is 1. The van der Waals surface area contributed by atoms with Crippen molar-refractivity contribution >= 4 is 11.9 Å². The normalized spacial score (nSPS) is 21.6. The minimum absolute atomic E-state index is 0.124. The van der Waals surface area contributed by atoms with Gasteiger partial charge in [-0.15, -0.1) is 0 Å². The van der Waals surface area contributed by atoms with Crippen LogP contribution in [0.1, 0.15) is 54.1 Å². The smallest absolute Gasteiger partial charge is 0.310 e. The first-order chi connectivity index (χ1) is 14.9. The number of carbonyl (C=O) groups is 2. The Morgan fingerprint density at radius 3 is 2.61 bits per heavy atom. The van der Waals surface area contributed by atoms with Crippen molar-refractivity contribution in [2.75, 3.05) is 6.54 Å². The van der Waals surface area contributed by atoms with Crippen LogP contribution in [0, 0.1) is 17.7 Å². The third-order valence-corrected chi connectivity index (χ3v) is 6.59. The first kappa shape index (κ1) is 21.3. The van der Waals surface area contributed by atoms with Crippen LogP contribution >= 0.6 is 0 Å². The molecule has 5 nitrogen and oxygen atoms in total. The van der Waals surface area contributed by atoms with Crippen LogP contribution in [0.25, 0.3) is 0 Å². The molecule has 2 aliphatic rings. The van der Waals surface area contributed by atoms with E-state index in [4.69, 9.17) is 4.74 Å². The summed E-state index contributed by atoms with van der Waals surface area (Å²) in [5, 5.41) is 9.55. The lowest BCUT2D eigenvalue weighted by molar-refractivity contribution is -0.150. The molecule has 1 aliphatic carbocycles.